The van der Waals surface area contributed by atoms with Crippen molar-refractivity contribution in [3.63, 3.8) is 0 Å². The molecule has 2 heterocycles. The third-order valence-electron chi connectivity index (χ3n) is 6.58. The number of nitrogens with zero attached hydrogens (tertiary/aromatic N) is 2. The molecule has 42 heavy (non-hydrogen) atoms. The number of hydrogen-bond donors (Lipinski definition) is 1. The van der Waals surface area contributed by atoms with Gasteiger partial charge in [-0.3, -0.25) is 14.5 Å². The summed E-state index contributed by atoms with van der Waals surface area (Å²) >= 11 is 0.941. The highest BCUT2D eigenvalue weighted by Crippen LogP contribution is 2.44. The van der Waals surface area contributed by atoms with Crippen LogP contribution >= 0.6 is 11.3 Å². The van der Waals surface area contributed by atoms with Gasteiger partial charge in [0, 0.05) is 5.56 Å². The number of anilines is 1. The number of aryl methyl sites for hydroxylation is 1. The number of amides is 1. The van der Waals surface area contributed by atoms with E-state index in [1.807, 2.05) is 6.92 Å². The predicted molar refractivity (Wildman–Crippen MR) is 161 cm³/mol. The fourth-order valence-corrected chi connectivity index (χ4v) is 5.55. The Hall–Kier alpha value is -4.44. The highest BCUT2D eigenvalue weighted by molar-refractivity contribution is 7.17. The molecule has 1 amide bonds. The molecule has 0 spiro atoms. The average Bonchev–Trinajstić information content (AvgIpc) is 3.50. The Balaban J connectivity index is 1.80. The summed E-state index contributed by atoms with van der Waals surface area (Å²) < 4.78 is 16.6. The second-order valence-corrected chi connectivity index (χ2v) is 10.5. The molecule has 1 aliphatic heterocycles. The van der Waals surface area contributed by atoms with Crippen LogP contribution in [0.1, 0.15) is 65.6 Å². The molecule has 4 rings (SSSR count). The largest absolute Gasteiger partial charge is 0.507 e. The van der Waals surface area contributed by atoms with Gasteiger partial charge in [-0.25, -0.2) is 9.78 Å². The van der Waals surface area contributed by atoms with Crippen LogP contribution in [0, 0.1) is 6.92 Å². The van der Waals surface area contributed by atoms with E-state index in [4.69, 9.17) is 14.2 Å². The highest BCUT2D eigenvalue weighted by Gasteiger charge is 2.48. The lowest BCUT2D eigenvalue weighted by atomic mass is 9.95. The van der Waals surface area contributed by atoms with Gasteiger partial charge in [0.1, 0.15) is 28.7 Å². The predicted octanol–water partition coefficient (Wildman–Crippen LogP) is 6.39. The molecule has 2 aromatic carbocycles. The van der Waals surface area contributed by atoms with Crippen LogP contribution in [0.15, 0.2) is 66.8 Å². The molecule has 1 aromatic heterocycles. The molecular weight excluding hydrogens is 556 g/mol. The Morgan fingerprint density at radius 3 is 2.55 bits per heavy atom. The van der Waals surface area contributed by atoms with Crippen LogP contribution in [-0.4, -0.2) is 47.6 Å². The van der Waals surface area contributed by atoms with E-state index >= 15 is 0 Å². The summed E-state index contributed by atoms with van der Waals surface area (Å²) in [4.78, 5) is 45.6. The molecule has 0 saturated carbocycles. The third-order valence-corrected chi connectivity index (χ3v) is 7.72. The molecule has 9 nitrogen and oxygen atoms in total. The van der Waals surface area contributed by atoms with Crippen LogP contribution in [0.5, 0.6) is 11.5 Å². The smallest absolute Gasteiger partial charge is 0.350 e. The second kappa shape index (κ2) is 14.0. The summed E-state index contributed by atoms with van der Waals surface area (Å²) in [5.74, 6) is -1.54. The minimum Gasteiger partial charge on any atom is -0.507 e. The van der Waals surface area contributed by atoms with Gasteiger partial charge in [0.25, 0.3) is 5.78 Å². The van der Waals surface area contributed by atoms with Gasteiger partial charge < -0.3 is 19.3 Å². The zero-order valence-corrected chi connectivity index (χ0v) is 24.7. The normalized spacial score (nSPS) is 16.0. The van der Waals surface area contributed by atoms with Gasteiger partial charge in [0.05, 0.1) is 30.5 Å². The van der Waals surface area contributed by atoms with Crippen molar-refractivity contribution in [1.29, 1.82) is 0 Å². The minimum atomic E-state index is -1.02. The molecule has 1 atom stereocenters. The summed E-state index contributed by atoms with van der Waals surface area (Å²) in [6.07, 6.45) is 4.52. The van der Waals surface area contributed by atoms with Crippen molar-refractivity contribution < 1.29 is 33.7 Å². The first kappa shape index (κ1) is 30.5. The molecule has 3 aromatic rings. The summed E-state index contributed by atoms with van der Waals surface area (Å²) in [5.41, 5.74) is 1.13. The summed E-state index contributed by atoms with van der Waals surface area (Å²) in [7, 11) is 0. The monoisotopic (exact) mass is 590 g/mol. The number of rotatable bonds is 13. The average molecular weight is 591 g/mol. The van der Waals surface area contributed by atoms with Crippen molar-refractivity contribution in [2.75, 3.05) is 24.7 Å². The van der Waals surface area contributed by atoms with Crippen molar-refractivity contribution in [3.8, 4) is 11.5 Å². The number of thiazole rings is 1. The summed E-state index contributed by atoms with van der Waals surface area (Å²) in [6.45, 7) is 10.1. The molecule has 0 radical (unpaired) electrons. The van der Waals surface area contributed by atoms with Crippen molar-refractivity contribution in [3.05, 3.63) is 88.5 Å². The molecule has 1 N–H and O–H groups in total. The molecule has 1 saturated heterocycles. The van der Waals surface area contributed by atoms with Crippen molar-refractivity contribution in [1.82, 2.24) is 4.98 Å². The number of Topliss-reactive ketones (excluding diaryl/α,β-unsaturated/α-hetero) is 1. The SMILES string of the molecule is C=CCOC(=O)c1sc(N2C(=O)C(=O)/C(=C(/O)c3cccc(OCC)c3)C2c2ccc(OCCCCC)cc2)nc1C. The fourth-order valence-electron chi connectivity index (χ4n) is 4.56. The maximum absolute atomic E-state index is 13.6. The number of esters is 1. The number of aromatic nitrogens is 1. The Morgan fingerprint density at radius 2 is 1.86 bits per heavy atom. The van der Waals surface area contributed by atoms with Crippen LogP contribution in [0.4, 0.5) is 5.13 Å². The molecule has 220 valence electrons. The lowest BCUT2D eigenvalue weighted by Crippen LogP contribution is -2.29. The number of unbranched alkanes of at least 4 members (excludes halogenated alkanes) is 2. The van der Waals surface area contributed by atoms with E-state index < -0.39 is 23.7 Å². The van der Waals surface area contributed by atoms with Crippen LogP contribution in [-0.2, 0) is 14.3 Å². The quantitative estimate of drug-likeness (QED) is 0.0608. The third kappa shape index (κ3) is 6.54. The number of hydrogen-bond acceptors (Lipinski definition) is 9. The maximum Gasteiger partial charge on any atom is 0.350 e. The van der Waals surface area contributed by atoms with E-state index in [9.17, 15) is 19.5 Å². The number of aliphatic hydroxyl groups excluding tert-OH is 1. The first-order chi connectivity index (χ1) is 20.3. The number of benzene rings is 2. The number of ether oxygens (including phenoxy) is 3. The Labute approximate surface area is 249 Å². The number of carbonyl (C=O) groups excluding carboxylic acids is 3. The van der Waals surface area contributed by atoms with Gasteiger partial charge in [0.2, 0.25) is 0 Å². The van der Waals surface area contributed by atoms with E-state index in [1.54, 1.807) is 55.5 Å². The molecule has 0 aliphatic carbocycles. The summed E-state index contributed by atoms with van der Waals surface area (Å²) in [6, 6.07) is 12.7. The van der Waals surface area contributed by atoms with E-state index in [-0.39, 0.29) is 27.9 Å². The highest BCUT2D eigenvalue weighted by atomic mass is 32.1. The van der Waals surface area contributed by atoms with Crippen molar-refractivity contribution >= 4 is 39.9 Å². The van der Waals surface area contributed by atoms with Crippen molar-refractivity contribution in [2.24, 2.45) is 0 Å². The molecule has 0 bridgehead atoms. The van der Waals surface area contributed by atoms with Crippen LogP contribution < -0.4 is 14.4 Å². The van der Waals surface area contributed by atoms with Gasteiger partial charge in [-0.15, -0.1) is 0 Å². The topological polar surface area (TPSA) is 115 Å². The lowest BCUT2D eigenvalue weighted by Gasteiger charge is -2.23. The van der Waals surface area contributed by atoms with E-state index in [0.29, 0.717) is 41.5 Å². The Kier molecular flexibility index (Phi) is 10.1. The molecule has 1 unspecified atom stereocenters. The number of carbonyl (C=O) groups is 3. The van der Waals surface area contributed by atoms with Gasteiger partial charge in [-0.1, -0.05) is 68.0 Å². The molecular formula is C32H34N2O7S. The first-order valence-electron chi connectivity index (χ1n) is 13.8. The number of aliphatic hydroxyl groups is 1. The maximum atomic E-state index is 13.6. The number of ketones is 1. The van der Waals surface area contributed by atoms with E-state index in [2.05, 4.69) is 18.5 Å². The Bertz CT molecular complexity index is 1490. The Morgan fingerprint density at radius 1 is 1.10 bits per heavy atom. The van der Waals surface area contributed by atoms with Gasteiger partial charge in [0.15, 0.2) is 5.13 Å². The van der Waals surface area contributed by atoms with Gasteiger partial charge in [-0.2, -0.15) is 0 Å². The molecule has 10 heteroatoms. The van der Waals surface area contributed by atoms with Crippen molar-refractivity contribution in [2.45, 2.75) is 46.1 Å². The fraction of sp³-hybridized carbons (Fsp3) is 0.312. The zero-order chi connectivity index (χ0) is 30.2. The van der Waals surface area contributed by atoms with E-state index in [1.165, 1.54) is 11.0 Å². The first-order valence-corrected chi connectivity index (χ1v) is 14.6. The molecule has 1 fully saturated rings. The van der Waals surface area contributed by atoms with Crippen LogP contribution in [0.25, 0.3) is 5.76 Å². The second-order valence-electron chi connectivity index (χ2n) is 9.55. The standard InChI is InChI=1S/C32H34N2O7S/c1-5-8-9-18-40-23-15-13-21(14-16-23)26-25(27(35)22-11-10-12-24(19-22)39-7-3)28(36)30(37)34(26)32-33-20(4)29(42-32)31(38)41-17-6-2/h6,10-16,19,26,35H,2,5,7-9,17-18H2,1,3-4H3/b27-25+. The van der Waals surface area contributed by atoms with Crippen LogP contribution in [0.3, 0.4) is 0 Å². The summed E-state index contributed by atoms with van der Waals surface area (Å²) in [5, 5.41) is 11.6. The lowest BCUT2D eigenvalue weighted by molar-refractivity contribution is -0.132. The molecule has 1 aliphatic rings. The minimum absolute atomic E-state index is 0.0176. The van der Waals surface area contributed by atoms with Gasteiger partial charge in [-0.05, 0) is 50.1 Å². The van der Waals surface area contributed by atoms with Crippen LogP contribution in [0.2, 0.25) is 0 Å². The van der Waals surface area contributed by atoms with E-state index in [0.717, 1.165) is 30.6 Å². The van der Waals surface area contributed by atoms with Gasteiger partial charge >= 0.3 is 11.9 Å². The zero-order valence-electron chi connectivity index (χ0n) is 23.9.